The summed E-state index contributed by atoms with van der Waals surface area (Å²) >= 11 is 6.90. The number of rotatable bonds is 5. The minimum Gasteiger partial charge on any atom is -0.494 e. The lowest BCUT2D eigenvalue weighted by molar-refractivity contribution is -0.113. The summed E-state index contributed by atoms with van der Waals surface area (Å²) in [5.74, 6) is 0.510. The van der Waals surface area contributed by atoms with E-state index >= 15 is 0 Å². The lowest BCUT2D eigenvalue weighted by atomic mass is 10.1. The minimum atomic E-state index is -0.251. The van der Waals surface area contributed by atoms with Crippen molar-refractivity contribution in [3.05, 3.63) is 29.1 Å². The Morgan fingerprint density at radius 3 is 2.70 bits per heavy atom. The molecule has 0 aliphatic carbocycles. The van der Waals surface area contributed by atoms with Crippen LogP contribution in [0.5, 0.6) is 5.75 Å². The van der Waals surface area contributed by atoms with E-state index in [4.69, 9.17) is 16.3 Å². The molecule has 0 aliphatic rings. The lowest BCUT2D eigenvalue weighted by Gasteiger charge is -2.03. The second-order valence-corrected chi connectivity index (χ2v) is 5.53. The number of hydrogen-bond donors (Lipinski definition) is 1. The number of anilines is 1. The van der Waals surface area contributed by atoms with Gasteiger partial charge in [0.05, 0.1) is 12.3 Å². The highest BCUT2D eigenvalue weighted by atomic mass is 35.5. The van der Waals surface area contributed by atoms with E-state index in [1.165, 1.54) is 11.3 Å². The predicted octanol–water partition coefficient (Wildman–Crippen LogP) is 3.69. The second kappa shape index (κ2) is 6.72. The van der Waals surface area contributed by atoms with E-state index in [1.807, 2.05) is 38.1 Å². The van der Waals surface area contributed by atoms with E-state index < -0.39 is 0 Å². The third kappa shape index (κ3) is 3.49. The fourth-order valence-electron chi connectivity index (χ4n) is 1.75. The normalized spacial score (nSPS) is 10.3. The maximum Gasteiger partial charge on any atom is 0.241 e. The van der Waals surface area contributed by atoms with Crippen LogP contribution in [0.3, 0.4) is 0 Å². The van der Waals surface area contributed by atoms with E-state index in [9.17, 15) is 4.79 Å². The first-order valence-electron chi connectivity index (χ1n) is 6.20. The lowest BCUT2D eigenvalue weighted by Crippen LogP contribution is -2.12. The van der Waals surface area contributed by atoms with Gasteiger partial charge in [-0.05, 0) is 38.1 Å². The van der Waals surface area contributed by atoms with Crippen molar-refractivity contribution in [2.24, 2.45) is 0 Å². The van der Waals surface area contributed by atoms with Crippen LogP contribution in [0.25, 0.3) is 11.3 Å². The van der Waals surface area contributed by atoms with Gasteiger partial charge in [-0.1, -0.05) is 0 Å². The van der Waals surface area contributed by atoms with E-state index in [0.717, 1.165) is 21.9 Å². The first kappa shape index (κ1) is 14.8. The van der Waals surface area contributed by atoms with Gasteiger partial charge in [0.2, 0.25) is 5.91 Å². The van der Waals surface area contributed by atoms with Crippen LogP contribution >= 0.6 is 22.9 Å². The number of nitrogens with zero attached hydrogens (tertiary/aromatic N) is 1. The topological polar surface area (TPSA) is 51.2 Å². The van der Waals surface area contributed by atoms with E-state index in [1.54, 1.807) is 0 Å². The van der Waals surface area contributed by atoms with Crippen LogP contribution in [0.4, 0.5) is 5.13 Å². The molecule has 20 heavy (non-hydrogen) atoms. The van der Waals surface area contributed by atoms with Gasteiger partial charge < -0.3 is 10.1 Å². The van der Waals surface area contributed by atoms with Gasteiger partial charge in [-0.15, -0.1) is 22.9 Å². The molecule has 2 aromatic rings. The van der Waals surface area contributed by atoms with Crippen molar-refractivity contribution in [3.8, 4) is 17.0 Å². The maximum absolute atomic E-state index is 11.3. The molecule has 0 saturated carbocycles. The molecule has 0 saturated heterocycles. The molecule has 2 rings (SSSR count). The van der Waals surface area contributed by atoms with Gasteiger partial charge >= 0.3 is 0 Å². The predicted molar refractivity (Wildman–Crippen MR) is 82.8 cm³/mol. The monoisotopic (exact) mass is 310 g/mol. The van der Waals surface area contributed by atoms with Crippen molar-refractivity contribution in [1.29, 1.82) is 0 Å². The summed E-state index contributed by atoms with van der Waals surface area (Å²) in [6.45, 7) is 4.56. The maximum atomic E-state index is 11.3. The summed E-state index contributed by atoms with van der Waals surface area (Å²) in [6, 6.07) is 7.74. The summed E-state index contributed by atoms with van der Waals surface area (Å²) in [4.78, 5) is 16.7. The number of aromatic nitrogens is 1. The number of alkyl halides is 1. The summed E-state index contributed by atoms with van der Waals surface area (Å²) in [6.07, 6.45) is 0. The largest absolute Gasteiger partial charge is 0.494 e. The van der Waals surface area contributed by atoms with Crippen molar-refractivity contribution in [2.45, 2.75) is 13.8 Å². The number of nitrogens with one attached hydrogen (secondary N) is 1. The average Bonchev–Trinajstić information content (AvgIpc) is 2.80. The van der Waals surface area contributed by atoms with Gasteiger partial charge in [0.1, 0.15) is 11.6 Å². The molecule has 1 amide bonds. The first-order chi connectivity index (χ1) is 9.63. The van der Waals surface area contributed by atoms with E-state index in [0.29, 0.717) is 11.7 Å². The highest BCUT2D eigenvalue weighted by Crippen LogP contribution is 2.31. The Labute approximate surface area is 126 Å². The highest BCUT2D eigenvalue weighted by molar-refractivity contribution is 7.16. The second-order valence-electron chi connectivity index (χ2n) is 4.06. The number of carbonyl (C=O) groups excluding carboxylic acids is 1. The molecule has 0 bridgehead atoms. The molecule has 0 atom stereocenters. The summed E-state index contributed by atoms with van der Waals surface area (Å²) < 4.78 is 5.41. The molecule has 0 fully saturated rings. The van der Waals surface area contributed by atoms with Crippen LogP contribution in [0.1, 0.15) is 11.8 Å². The zero-order chi connectivity index (χ0) is 14.5. The van der Waals surface area contributed by atoms with Crippen LogP contribution < -0.4 is 10.1 Å². The number of thiazole rings is 1. The molecule has 1 heterocycles. The number of carbonyl (C=O) groups is 1. The molecule has 0 radical (unpaired) electrons. The van der Waals surface area contributed by atoms with Gasteiger partial charge in [-0.3, -0.25) is 4.79 Å². The highest BCUT2D eigenvalue weighted by Gasteiger charge is 2.11. The Balaban J connectivity index is 2.21. The smallest absolute Gasteiger partial charge is 0.241 e. The zero-order valence-electron chi connectivity index (χ0n) is 11.3. The molecule has 4 nitrogen and oxygen atoms in total. The quantitative estimate of drug-likeness (QED) is 0.857. The number of aryl methyl sites for hydroxylation is 1. The zero-order valence-corrected chi connectivity index (χ0v) is 12.8. The van der Waals surface area contributed by atoms with Crippen LogP contribution in [0, 0.1) is 6.92 Å². The minimum absolute atomic E-state index is 0.0724. The van der Waals surface area contributed by atoms with Gasteiger partial charge in [0.25, 0.3) is 0 Å². The molecule has 1 aromatic carbocycles. The van der Waals surface area contributed by atoms with E-state index in [-0.39, 0.29) is 11.8 Å². The summed E-state index contributed by atoms with van der Waals surface area (Å²) in [5.41, 5.74) is 1.86. The molecule has 0 spiro atoms. The van der Waals surface area contributed by atoms with Gasteiger partial charge in [-0.2, -0.15) is 0 Å². The van der Waals surface area contributed by atoms with Crippen LogP contribution in [0.15, 0.2) is 24.3 Å². The molecular weight excluding hydrogens is 296 g/mol. The Morgan fingerprint density at radius 2 is 2.10 bits per heavy atom. The third-order valence-electron chi connectivity index (χ3n) is 2.60. The Kier molecular flexibility index (Phi) is 4.98. The average molecular weight is 311 g/mol. The molecule has 6 heteroatoms. The number of hydrogen-bond acceptors (Lipinski definition) is 4. The van der Waals surface area contributed by atoms with Gasteiger partial charge in [0, 0.05) is 10.4 Å². The Bertz CT molecular complexity index is 596. The van der Waals surface area contributed by atoms with Crippen LogP contribution in [0.2, 0.25) is 0 Å². The number of halogens is 1. The van der Waals surface area contributed by atoms with Crippen LogP contribution in [-0.2, 0) is 4.79 Å². The van der Waals surface area contributed by atoms with E-state index in [2.05, 4.69) is 10.3 Å². The number of amides is 1. The Hall–Kier alpha value is -1.59. The number of benzene rings is 1. The SMILES string of the molecule is CCOc1ccc(-c2nc(NC(=O)CCl)sc2C)cc1. The summed E-state index contributed by atoms with van der Waals surface area (Å²) in [5, 5.41) is 3.23. The van der Waals surface area contributed by atoms with Crippen molar-refractivity contribution in [3.63, 3.8) is 0 Å². The standard InChI is InChI=1S/C14H15ClN2O2S/c1-3-19-11-6-4-10(5-7-11)13-9(2)20-14(17-13)16-12(18)8-15/h4-7H,3,8H2,1-2H3,(H,16,17,18). The molecule has 1 N–H and O–H groups in total. The molecule has 0 unspecified atom stereocenters. The fraction of sp³-hybridized carbons (Fsp3) is 0.286. The van der Waals surface area contributed by atoms with Crippen molar-refractivity contribution in [2.75, 3.05) is 17.8 Å². The van der Waals surface area contributed by atoms with Gasteiger partial charge in [0.15, 0.2) is 5.13 Å². The van der Waals surface area contributed by atoms with Crippen LogP contribution in [-0.4, -0.2) is 23.4 Å². The van der Waals surface area contributed by atoms with Crippen molar-refractivity contribution in [1.82, 2.24) is 4.98 Å². The van der Waals surface area contributed by atoms with Crippen molar-refractivity contribution < 1.29 is 9.53 Å². The van der Waals surface area contributed by atoms with Gasteiger partial charge in [-0.25, -0.2) is 4.98 Å². The molecule has 0 aliphatic heterocycles. The first-order valence-corrected chi connectivity index (χ1v) is 7.55. The number of ether oxygens (including phenoxy) is 1. The molecule has 1 aromatic heterocycles. The summed E-state index contributed by atoms with van der Waals surface area (Å²) in [7, 11) is 0. The molecular formula is C14H15ClN2O2S. The third-order valence-corrected chi connectivity index (χ3v) is 3.73. The Morgan fingerprint density at radius 1 is 1.40 bits per heavy atom. The fourth-order valence-corrected chi connectivity index (χ4v) is 2.66. The van der Waals surface area contributed by atoms with Crippen molar-refractivity contribution >= 4 is 34.0 Å². The molecule has 106 valence electrons.